The lowest BCUT2D eigenvalue weighted by Gasteiger charge is -2.08. The predicted molar refractivity (Wildman–Crippen MR) is 91.2 cm³/mol. The molecule has 3 aromatic rings. The van der Waals surface area contributed by atoms with Gasteiger partial charge >= 0.3 is 0 Å². The van der Waals surface area contributed by atoms with Crippen molar-refractivity contribution in [1.29, 1.82) is 0 Å². The Labute approximate surface area is 137 Å². The highest BCUT2D eigenvalue weighted by atomic mass is 32.1. The van der Waals surface area contributed by atoms with E-state index in [-0.39, 0.29) is 0 Å². The number of fused-ring (bicyclic) bond motifs is 1. The summed E-state index contributed by atoms with van der Waals surface area (Å²) in [7, 11) is 0. The third-order valence-electron chi connectivity index (χ3n) is 3.60. The van der Waals surface area contributed by atoms with E-state index in [0.29, 0.717) is 13.2 Å². The number of thiophene rings is 1. The van der Waals surface area contributed by atoms with E-state index in [1.165, 1.54) is 10.4 Å². The summed E-state index contributed by atoms with van der Waals surface area (Å²) < 4.78 is 11.4. The third-order valence-corrected chi connectivity index (χ3v) is 5.62. The van der Waals surface area contributed by atoms with Crippen LogP contribution in [0.15, 0.2) is 35.0 Å². The van der Waals surface area contributed by atoms with Crippen LogP contribution in [0.3, 0.4) is 0 Å². The monoisotopic (exact) mass is 329 g/mol. The van der Waals surface area contributed by atoms with Crippen LogP contribution in [0.4, 0.5) is 0 Å². The van der Waals surface area contributed by atoms with Gasteiger partial charge in [0.15, 0.2) is 11.5 Å². The molecule has 0 aliphatic carbocycles. The van der Waals surface area contributed by atoms with Crippen molar-refractivity contribution < 1.29 is 9.47 Å². The lowest BCUT2D eigenvalue weighted by Crippen LogP contribution is -1.97. The number of hydrogen-bond acceptors (Lipinski definition) is 5. The number of ether oxygens (including phenoxy) is 2. The Hall–Kier alpha value is -1.85. The van der Waals surface area contributed by atoms with E-state index in [9.17, 15) is 0 Å². The fourth-order valence-corrected chi connectivity index (χ4v) is 4.35. The summed E-state index contributed by atoms with van der Waals surface area (Å²) in [6, 6.07) is 8.19. The van der Waals surface area contributed by atoms with Crippen LogP contribution < -0.4 is 9.47 Å². The second-order valence-electron chi connectivity index (χ2n) is 5.18. The van der Waals surface area contributed by atoms with Gasteiger partial charge in [0.1, 0.15) is 5.01 Å². The summed E-state index contributed by atoms with van der Waals surface area (Å²) in [6.45, 7) is 3.54. The van der Waals surface area contributed by atoms with Gasteiger partial charge in [-0.25, -0.2) is 4.98 Å². The summed E-state index contributed by atoms with van der Waals surface area (Å²) >= 11 is 3.43. The maximum Gasteiger partial charge on any atom is 0.161 e. The van der Waals surface area contributed by atoms with Crippen molar-refractivity contribution in [3.63, 3.8) is 0 Å². The molecule has 0 N–H and O–H groups in total. The molecule has 0 saturated heterocycles. The normalized spacial score (nSPS) is 13.9. The SMILES string of the molecule is Cc1ccsc1-c1nc(-c2ccc3c(c2)OCCCO3)cs1. The zero-order valence-electron chi connectivity index (χ0n) is 12.2. The molecule has 3 nitrogen and oxygen atoms in total. The lowest BCUT2D eigenvalue weighted by molar-refractivity contribution is 0.297. The first-order chi connectivity index (χ1) is 10.8. The first-order valence-corrected chi connectivity index (χ1v) is 8.97. The van der Waals surface area contributed by atoms with Gasteiger partial charge in [0.05, 0.1) is 23.8 Å². The fourth-order valence-electron chi connectivity index (χ4n) is 2.43. The Morgan fingerprint density at radius 3 is 2.73 bits per heavy atom. The first kappa shape index (κ1) is 13.8. The maximum absolute atomic E-state index is 5.76. The molecule has 1 aliphatic heterocycles. The highest BCUT2D eigenvalue weighted by Crippen LogP contribution is 2.37. The molecule has 0 spiro atoms. The summed E-state index contributed by atoms with van der Waals surface area (Å²) in [4.78, 5) is 6.04. The van der Waals surface area contributed by atoms with Gasteiger partial charge in [-0.05, 0) is 42.1 Å². The van der Waals surface area contributed by atoms with Gasteiger partial charge in [0.25, 0.3) is 0 Å². The molecule has 0 amide bonds. The van der Waals surface area contributed by atoms with E-state index >= 15 is 0 Å². The molecule has 0 atom stereocenters. The van der Waals surface area contributed by atoms with Crippen LogP contribution in [0.1, 0.15) is 12.0 Å². The average molecular weight is 329 g/mol. The maximum atomic E-state index is 5.76. The van der Waals surface area contributed by atoms with Crippen molar-refractivity contribution in [2.45, 2.75) is 13.3 Å². The van der Waals surface area contributed by atoms with E-state index in [2.05, 4.69) is 23.8 Å². The summed E-state index contributed by atoms with van der Waals surface area (Å²) in [5.74, 6) is 1.64. The minimum Gasteiger partial charge on any atom is -0.490 e. The minimum atomic E-state index is 0.702. The molecule has 112 valence electrons. The number of aromatic nitrogens is 1. The van der Waals surface area contributed by atoms with E-state index in [1.807, 2.05) is 18.2 Å². The van der Waals surface area contributed by atoms with Gasteiger partial charge in [0.2, 0.25) is 0 Å². The molecular weight excluding hydrogens is 314 g/mol. The Bertz CT molecular complexity index is 807. The van der Waals surface area contributed by atoms with Gasteiger partial charge in [-0.3, -0.25) is 0 Å². The molecule has 2 aromatic heterocycles. The van der Waals surface area contributed by atoms with E-state index in [1.54, 1.807) is 22.7 Å². The molecule has 3 heterocycles. The number of aryl methyl sites for hydroxylation is 1. The Kier molecular flexibility index (Phi) is 3.60. The molecule has 0 bridgehead atoms. The van der Waals surface area contributed by atoms with Crippen molar-refractivity contribution in [3.05, 3.63) is 40.6 Å². The van der Waals surface area contributed by atoms with Crippen molar-refractivity contribution >= 4 is 22.7 Å². The molecule has 0 unspecified atom stereocenters. The zero-order chi connectivity index (χ0) is 14.9. The number of hydrogen-bond donors (Lipinski definition) is 0. The molecule has 1 aromatic carbocycles. The van der Waals surface area contributed by atoms with Crippen molar-refractivity contribution in [2.75, 3.05) is 13.2 Å². The average Bonchev–Trinajstić information content (AvgIpc) is 3.10. The van der Waals surface area contributed by atoms with Gasteiger partial charge in [-0.15, -0.1) is 22.7 Å². The number of benzene rings is 1. The van der Waals surface area contributed by atoms with Crippen LogP contribution in [0.2, 0.25) is 0 Å². The summed E-state index contributed by atoms with van der Waals surface area (Å²) in [5.41, 5.74) is 3.34. The largest absolute Gasteiger partial charge is 0.490 e. The molecule has 1 aliphatic rings. The van der Waals surface area contributed by atoms with E-state index in [0.717, 1.165) is 34.2 Å². The Morgan fingerprint density at radius 1 is 1.05 bits per heavy atom. The van der Waals surface area contributed by atoms with Crippen LogP contribution in [-0.2, 0) is 0 Å². The van der Waals surface area contributed by atoms with Gasteiger partial charge in [0, 0.05) is 17.4 Å². The quantitative estimate of drug-likeness (QED) is 0.662. The molecule has 5 heteroatoms. The van der Waals surface area contributed by atoms with Crippen LogP contribution in [0.25, 0.3) is 21.1 Å². The minimum absolute atomic E-state index is 0.702. The van der Waals surface area contributed by atoms with Crippen molar-refractivity contribution in [3.8, 4) is 32.6 Å². The standard InChI is InChI=1S/C17H15NO2S2/c1-11-5-8-21-16(11)17-18-13(10-22-17)12-3-4-14-15(9-12)20-7-2-6-19-14/h3-5,8-10H,2,6-7H2,1H3. The van der Waals surface area contributed by atoms with Crippen molar-refractivity contribution in [2.24, 2.45) is 0 Å². The summed E-state index contributed by atoms with van der Waals surface area (Å²) in [6.07, 6.45) is 0.919. The second kappa shape index (κ2) is 5.74. The molecule has 0 saturated carbocycles. The molecule has 0 fully saturated rings. The van der Waals surface area contributed by atoms with Gasteiger partial charge in [-0.1, -0.05) is 0 Å². The number of nitrogens with zero attached hydrogens (tertiary/aromatic N) is 1. The fraction of sp³-hybridized carbons (Fsp3) is 0.235. The topological polar surface area (TPSA) is 31.4 Å². The third kappa shape index (κ3) is 2.51. The van der Waals surface area contributed by atoms with Crippen LogP contribution >= 0.6 is 22.7 Å². The predicted octanol–water partition coefficient (Wildman–Crippen LogP) is 5.01. The number of thiazole rings is 1. The molecule has 0 radical (unpaired) electrons. The molecule has 4 rings (SSSR count). The zero-order valence-corrected chi connectivity index (χ0v) is 13.8. The summed E-state index contributed by atoms with van der Waals surface area (Å²) in [5, 5.41) is 5.29. The Morgan fingerprint density at radius 2 is 1.91 bits per heavy atom. The molecular formula is C17H15NO2S2. The second-order valence-corrected chi connectivity index (χ2v) is 6.96. The van der Waals surface area contributed by atoms with Crippen LogP contribution in [-0.4, -0.2) is 18.2 Å². The van der Waals surface area contributed by atoms with Gasteiger partial charge < -0.3 is 9.47 Å². The van der Waals surface area contributed by atoms with Crippen LogP contribution in [0, 0.1) is 6.92 Å². The van der Waals surface area contributed by atoms with Crippen LogP contribution in [0.5, 0.6) is 11.5 Å². The van der Waals surface area contributed by atoms with E-state index in [4.69, 9.17) is 14.5 Å². The number of rotatable bonds is 2. The highest BCUT2D eigenvalue weighted by molar-refractivity contribution is 7.20. The Balaban J connectivity index is 1.69. The lowest BCUT2D eigenvalue weighted by atomic mass is 10.1. The first-order valence-electron chi connectivity index (χ1n) is 7.21. The van der Waals surface area contributed by atoms with E-state index < -0.39 is 0 Å². The smallest absolute Gasteiger partial charge is 0.161 e. The van der Waals surface area contributed by atoms with Gasteiger partial charge in [-0.2, -0.15) is 0 Å². The van der Waals surface area contributed by atoms with Crippen molar-refractivity contribution in [1.82, 2.24) is 4.98 Å². The molecule has 22 heavy (non-hydrogen) atoms. The highest BCUT2D eigenvalue weighted by Gasteiger charge is 2.14.